The Balaban J connectivity index is 1.10. The number of unbranched alkanes of at least 4 members (excludes halogenated alkanes) is 6. The lowest BCUT2D eigenvalue weighted by Crippen LogP contribution is -2.41. The Labute approximate surface area is 247 Å². The van der Waals surface area contributed by atoms with Crippen LogP contribution in [0.1, 0.15) is 111 Å². The van der Waals surface area contributed by atoms with Gasteiger partial charge in [-0.1, -0.05) is 56.4 Å². The van der Waals surface area contributed by atoms with Crippen molar-refractivity contribution in [3.05, 3.63) is 59.2 Å². The molecule has 2 heterocycles. The van der Waals surface area contributed by atoms with Gasteiger partial charge in [0.25, 0.3) is 0 Å². The van der Waals surface area contributed by atoms with E-state index in [1.54, 1.807) is 12.1 Å². The molecule has 2 saturated heterocycles. The third-order valence-electron chi connectivity index (χ3n) is 9.57. The van der Waals surface area contributed by atoms with Crippen LogP contribution in [0.15, 0.2) is 36.4 Å². The van der Waals surface area contributed by atoms with Gasteiger partial charge in [-0.3, -0.25) is 0 Å². The van der Waals surface area contributed by atoms with Crippen LogP contribution in [-0.4, -0.2) is 36.6 Å². The summed E-state index contributed by atoms with van der Waals surface area (Å²) in [5.41, 5.74) is 1.03. The molecule has 2 fully saturated rings. The maximum atomic E-state index is 14.9. The SMILES string of the molecule is CC1(C)OB(c2ccc(CCCCCCCCCc3ccc(B4OC(C)(C)C(C)(C)O4)c(F)c3)cc2F)OC1(C)C. The van der Waals surface area contributed by atoms with Crippen molar-refractivity contribution in [3.63, 3.8) is 0 Å². The number of hydrogen-bond acceptors (Lipinski definition) is 4. The van der Waals surface area contributed by atoms with Crippen LogP contribution in [0, 0.1) is 11.6 Å². The molecule has 4 nitrogen and oxygen atoms in total. The first kappa shape index (κ1) is 32.2. The molecule has 0 saturated carbocycles. The maximum absolute atomic E-state index is 14.9. The molecule has 0 atom stereocenters. The lowest BCUT2D eigenvalue weighted by Gasteiger charge is -2.32. The van der Waals surface area contributed by atoms with Gasteiger partial charge < -0.3 is 18.6 Å². The van der Waals surface area contributed by atoms with Crippen molar-refractivity contribution in [1.29, 1.82) is 0 Å². The van der Waals surface area contributed by atoms with Gasteiger partial charge in [0.15, 0.2) is 0 Å². The number of benzene rings is 2. The average molecular weight is 568 g/mol. The van der Waals surface area contributed by atoms with Gasteiger partial charge in [0.1, 0.15) is 11.6 Å². The lowest BCUT2D eigenvalue weighted by atomic mass is 9.78. The van der Waals surface area contributed by atoms with Crippen molar-refractivity contribution in [3.8, 4) is 0 Å². The summed E-state index contributed by atoms with van der Waals surface area (Å²) < 4.78 is 53.7. The molecule has 224 valence electrons. The van der Waals surface area contributed by atoms with Gasteiger partial charge in [0.2, 0.25) is 0 Å². The molecule has 2 aromatic rings. The summed E-state index contributed by atoms with van der Waals surface area (Å²) in [6.45, 7) is 15.8. The van der Waals surface area contributed by atoms with E-state index < -0.39 is 36.6 Å². The Hall–Kier alpha value is -1.73. The van der Waals surface area contributed by atoms with Crippen molar-refractivity contribution in [1.82, 2.24) is 0 Å². The van der Waals surface area contributed by atoms with E-state index >= 15 is 0 Å². The first-order valence-corrected chi connectivity index (χ1v) is 15.4. The fraction of sp³-hybridized carbons (Fsp3) is 0.636. The zero-order valence-corrected chi connectivity index (χ0v) is 26.4. The number of hydrogen-bond donors (Lipinski definition) is 0. The summed E-state index contributed by atoms with van der Waals surface area (Å²) in [4.78, 5) is 0. The van der Waals surface area contributed by atoms with Crippen LogP contribution in [0.4, 0.5) is 8.78 Å². The van der Waals surface area contributed by atoms with Gasteiger partial charge in [-0.05, 0) is 104 Å². The summed E-state index contributed by atoms with van der Waals surface area (Å²) >= 11 is 0. The Morgan fingerprint density at radius 1 is 0.488 bits per heavy atom. The first-order chi connectivity index (χ1) is 19.1. The monoisotopic (exact) mass is 568 g/mol. The van der Waals surface area contributed by atoms with Crippen molar-refractivity contribution in [2.45, 2.75) is 136 Å². The van der Waals surface area contributed by atoms with Gasteiger partial charge in [0, 0.05) is 10.9 Å². The highest BCUT2D eigenvalue weighted by atomic mass is 19.1. The van der Waals surface area contributed by atoms with Crippen LogP contribution in [-0.2, 0) is 31.5 Å². The topological polar surface area (TPSA) is 36.9 Å². The Morgan fingerprint density at radius 3 is 1.07 bits per heavy atom. The second-order valence-corrected chi connectivity index (χ2v) is 13.9. The van der Waals surface area contributed by atoms with Gasteiger partial charge >= 0.3 is 14.2 Å². The van der Waals surface area contributed by atoms with Crippen LogP contribution >= 0.6 is 0 Å². The zero-order chi connectivity index (χ0) is 30.1. The fourth-order valence-corrected chi connectivity index (χ4v) is 5.32. The van der Waals surface area contributed by atoms with Gasteiger partial charge in [-0.25, -0.2) is 8.78 Å². The molecule has 0 spiro atoms. The maximum Gasteiger partial charge on any atom is 0.497 e. The second-order valence-electron chi connectivity index (χ2n) is 13.9. The van der Waals surface area contributed by atoms with Gasteiger partial charge in [-0.2, -0.15) is 0 Å². The van der Waals surface area contributed by atoms with Crippen molar-refractivity contribution >= 4 is 25.2 Å². The summed E-state index contributed by atoms with van der Waals surface area (Å²) in [7, 11) is -1.34. The average Bonchev–Trinajstić information content (AvgIpc) is 3.22. The highest BCUT2D eigenvalue weighted by molar-refractivity contribution is 6.62. The standard InChI is InChI=1S/C33H48B2F2O4/c1-30(2)31(3,4)39-34(38-30)26-20-18-24(22-28(26)36)16-14-12-10-9-11-13-15-17-25-19-21-27(29(37)23-25)35-40-32(5,6)33(7,8)41-35/h18-23H,9-17H2,1-8H3. The van der Waals surface area contributed by atoms with E-state index in [9.17, 15) is 8.78 Å². The lowest BCUT2D eigenvalue weighted by molar-refractivity contribution is 0.00578. The largest absolute Gasteiger partial charge is 0.497 e. The normalized spacial score (nSPS) is 20.6. The van der Waals surface area contributed by atoms with Crippen LogP contribution in [0.25, 0.3) is 0 Å². The number of halogens is 2. The minimum Gasteiger partial charge on any atom is -0.399 e. The summed E-state index contributed by atoms with van der Waals surface area (Å²) in [6, 6.07) is 10.9. The quantitative estimate of drug-likeness (QED) is 0.203. The molecule has 2 aliphatic heterocycles. The summed E-state index contributed by atoms with van der Waals surface area (Å²) in [5.74, 6) is -0.521. The van der Waals surface area contributed by atoms with Gasteiger partial charge in [-0.15, -0.1) is 0 Å². The van der Waals surface area contributed by atoms with Crippen LogP contribution in [0.3, 0.4) is 0 Å². The summed E-state index contributed by atoms with van der Waals surface area (Å²) in [5, 5.41) is 0. The third-order valence-corrected chi connectivity index (χ3v) is 9.57. The van der Waals surface area contributed by atoms with Crippen molar-refractivity contribution in [2.75, 3.05) is 0 Å². The molecule has 0 aliphatic carbocycles. The van der Waals surface area contributed by atoms with E-state index in [2.05, 4.69) is 0 Å². The molecule has 2 aromatic carbocycles. The smallest absolute Gasteiger partial charge is 0.399 e. The highest BCUT2D eigenvalue weighted by Gasteiger charge is 2.53. The predicted molar refractivity (Wildman–Crippen MR) is 164 cm³/mol. The highest BCUT2D eigenvalue weighted by Crippen LogP contribution is 2.37. The minimum atomic E-state index is -0.672. The van der Waals surface area contributed by atoms with E-state index in [-0.39, 0.29) is 11.6 Å². The van der Waals surface area contributed by atoms with E-state index in [4.69, 9.17) is 18.6 Å². The zero-order valence-electron chi connectivity index (χ0n) is 26.4. The molecular weight excluding hydrogens is 520 g/mol. The molecule has 0 radical (unpaired) electrons. The molecule has 41 heavy (non-hydrogen) atoms. The first-order valence-electron chi connectivity index (χ1n) is 15.4. The predicted octanol–water partition coefficient (Wildman–Crippen LogP) is 7.08. The molecule has 4 rings (SSSR count). The van der Waals surface area contributed by atoms with Crippen molar-refractivity contribution in [2.24, 2.45) is 0 Å². The van der Waals surface area contributed by atoms with E-state index in [1.165, 1.54) is 19.3 Å². The fourth-order valence-electron chi connectivity index (χ4n) is 5.32. The minimum absolute atomic E-state index is 0.261. The number of aryl methyl sites for hydroxylation is 2. The van der Waals surface area contributed by atoms with E-state index in [0.29, 0.717) is 10.9 Å². The Bertz CT molecular complexity index is 1070. The van der Waals surface area contributed by atoms with Crippen LogP contribution < -0.4 is 10.9 Å². The summed E-state index contributed by atoms with van der Waals surface area (Å²) in [6.07, 6.45) is 9.62. The molecule has 0 bridgehead atoms. The molecule has 8 heteroatoms. The second kappa shape index (κ2) is 12.5. The molecular formula is C33H48B2F2O4. The van der Waals surface area contributed by atoms with E-state index in [0.717, 1.165) is 49.7 Å². The van der Waals surface area contributed by atoms with Crippen LogP contribution in [0.2, 0.25) is 0 Å². The van der Waals surface area contributed by atoms with E-state index in [1.807, 2.05) is 79.7 Å². The number of rotatable bonds is 12. The molecule has 2 aliphatic rings. The molecule has 0 N–H and O–H groups in total. The molecule has 0 unspecified atom stereocenters. The Morgan fingerprint density at radius 2 is 0.780 bits per heavy atom. The third kappa shape index (κ3) is 7.44. The van der Waals surface area contributed by atoms with Gasteiger partial charge in [0.05, 0.1) is 22.4 Å². The van der Waals surface area contributed by atoms with Crippen LogP contribution in [0.5, 0.6) is 0 Å². The van der Waals surface area contributed by atoms with Crippen molar-refractivity contribution < 1.29 is 27.4 Å². The molecule has 0 amide bonds. The molecule has 0 aromatic heterocycles. The Kier molecular flexibility index (Phi) is 9.80.